The van der Waals surface area contributed by atoms with Crippen LogP contribution in [-0.4, -0.2) is 5.16 Å². The molecule has 11 heavy (non-hydrogen) atoms. The molecule has 0 fully saturated rings. The van der Waals surface area contributed by atoms with Crippen molar-refractivity contribution in [2.45, 2.75) is 0 Å². The first-order valence-electron chi connectivity index (χ1n) is 3.08. The van der Waals surface area contributed by atoms with Crippen LogP contribution in [0.5, 0.6) is 0 Å². The molecule has 4 heteroatoms. The van der Waals surface area contributed by atoms with Gasteiger partial charge in [0.2, 0.25) is 0 Å². The van der Waals surface area contributed by atoms with Gasteiger partial charge < -0.3 is 10.3 Å². The van der Waals surface area contributed by atoms with Gasteiger partial charge in [0, 0.05) is 5.69 Å². The van der Waals surface area contributed by atoms with E-state index in [1.165, 1.54) is 0 Å². The molecule has 0 aliphatic rings. The van der Waals surface area contributed by atoms with Crippen LogP contribution in [0.4, 0.5) is 5.69 Å². The summed E-state index contributed by atoms with van der Waals surface area (Å²) in [5, 5.41) is 4.57. The van der Waals surface area contributed by atoms with Crippen molar-refractivity contribution >= 4 is 28.3 Å². The van der Waals surface area contributed by atoms with Gasteiger partial charge in [0.05, 0.1) is 5.39 Å². The van der Waals surface area contributed by atoms with Gasteiger partial charge in [-0.3, -0.25) is 0 Å². The van der Waals surface area contributed by atoms with Crippen LogP contribution in [-0.2, 0) is 0 Å². The third kappa shape index (κ3) is 0.851. The molecule has 0 aliphatic carbocycles. The highest BCUT2D eigenvalue weighted by Gasteiger charge is 2.06. The summed E-state index contributed by atoms with van der Waals surface area (Å²) in [5.74, 6) is 0. The van der Waals surface area contributed by atoms with Crippen molar-refractivity contribution in [3.8, 4) is 0 Å². The summed E-state index contributed by atoms with van der Waals surface area (Å²) in [6, 6.07) is 5.31. The smallest absolute Gasteiger partial charge is 0.182 e. The quantitative estimate of drug-likeness (QED) is 0.613. The van der Waals surface area contributed by atoms with Crippen LogP contribution >= 0.6 is 11.6 Å². The van der Waals surface area contributed by atoms with E-state index in [1.807, 2.05) is 0 Å². The number of hydrogen-bond acceptors (Lipinski definition) is 3. The average Bonchev–Trinajstić information content (AvgIpc) is 2.34. The van der Waals surface area contributed by atoms with E-state index in [-0.39, 0.29) is 0 Å². The van der Waals surface area contributed by atoms with Gasteiger partial charge in [0.15, 0.2) is 10.7 Å². The van der Waals surface area contributed by atoms with Gasteiger partial charge in [-0.2, -0.15) is 0 Å². The fourth-order valence-electron chi connectivity index (χ4n) is 0.980. The van der Waals surface area contributed by atoms with Crippen molar-refractivity contribution < 1.29 is 4.52 Å². The molecule has 0 spiro atoms. The van der Waals surface area contributed by atoms with Crippen molar-refractivity contribution in [3.63, 3.8) is 0 Å². The fourth-order valence-corrected chi connectivity index (χ4v) is 1.22. The van der Waals surface area contributed by atoms with Gasteiger partial charge in [-0.05, 0) is 12.1 Å². The van der Waals surface area contributed by atoms with Gasteiger partial charge >= 0.3 is 0 Å². The summed E-state index contributed by atoms with van der Waals surface area (Å²) in [5.41, 5.74) is 6.83. The highest BCUT2D eigenvalue weighted by molar-refractivity contribution is 6.35. The maximum absolute atomic E-state index is 5.69. The number of anilines is 1. The van der Waals surface area contributed by atoms with Crippen molar-refractivity contribution in [2.24, 2.45) is 0 Å². The normalized spacial score (nSPS) is 10.6. The fraction of sp³-hybridized carbons (Fsp3) is 0. The molecular formula is C7H5ClN2O. The van der Waals surface area contributed by atoms with E-state index < -0.39 is 0 Å². The Balaban J connectivity index is 2.96. The second-order valence-electron chi connectivity index (χ2n) is 2.19. The Morgan fingerprint density at radius 3 is 3.00 bits per heavy atom. The Kier molecular flexibility index (Phi) is 1.26. The largest absolute Gasteiger partial charge is 0.398 e. The predicted molar refractivity (Wildman–Crippen MR) is 43.4 cm³/mol. The predicted octanol–water partition coefficient (Wildman–Crippen LogP) is 2.06. The molecule has 56 valence electrons. The molecule has 0 saturated carbocycles. The zero-order valence-corrected chi connectivity index (χ0v) is 6.30. The molecule has 0 saturated heterocycles. The molecule has 2 aromatic rings. The van der Waals surface area contributed by atoms with Crippen LogP contribution < -0.4 is 5.73 Å². The van der Waals surface area contributed by atoms with Crippen molar-refractivity contribution in [1.29, 1.82) is 0 Å². The number of halogens is 1. The number of nitrogens with two attached hydrogens (primary N) is 1. The van der Waals surface area contributed by atoms with E-state index in [4.69, 9.17) is 21.9 Å². The SMILES string of the molecule is Nc1cccc2onc(Cl)c12. The minimum absolute atomic E-state index is 0.318. The van der Waals surface area contributed by atoms with Crippen molar-refractivity contribution in [1.82, 2.24) is 5.16 Å². The zero-order chi connectivity index (χ0) is 7.84. The van der Waals surface area contributed by atoms with Crippen LogP contribution in [0, 0.1) is 0 Å². The first-order chi connectivity index (χ1) is 5.29. The molecule has 2 N–H and O–H groups in total. The van der Waals surface area contributed by atoms with E-state index in [0.29, 0.717) is 21.8 Å². The first-order valence-corrected chi connectivity index (χ1v) is 3.46. The lowest BCUT2D eigenvalue weighted by molar-refractivity contribution is 0.457. The number of aromatic nitrogens is 1. The molecule has 1 aromatic carbocycles. The summed E-state index contributed by atoms with van der Waals surface area (Å²) in [6.45, 7) is 0. The molecule has 0 amide bonds. The van der Waals surface area contributed by atoms with Crippen LogP contribution in [0.15, 0.2) is 22.7 Å². The molecule has 1 aromatic heterocycles. The van der Waals surface area contributed by atoms with E-state index in [0.717, 1.165) is 0 Å². The molecule has 1 heterocycles. The third-order valence-electron chi connectivity index (χ3n) is 1.49. The summed E-state index contributed by atoms with van der Waals surface area (Å²) in [4.78, 5) is 0. The maximum Gasteiger partial charge on any atom is 0.182 e. The molecule has 2 rings (SSSR count). The lowest BCUT2D eigenvalue weighted by Gasteiger charge is -1.90. The maximum atomic E-state index is 5.69. The van der Waals surface area contributed by atoms with E-state index in [9.17, 15) is 0 Å². The highest BCUT2D eigenvalue weighted by Crippen LogP contribution is 2.27. The minimum Gasteiger partial charge on any atom is -0.398 e. The zero-order valence-electron chi connectivity index (χ0n) is 5.54. The lowest BCUT2D eigenvalue weighted by atomic mass is 10.2. The molecule has 0 radical (unpaired) electrons. The van der Waals surface area contributed by atoms with Gasteiger partial charge in [0.1, 0.15) is 0 Å². The van der Waals surface area contributed by atoms with Crippen LogP contribution in [0.2, 0.25) is 5.15 Å². The Bertz CT molecular complexity index is 396. The summed E-state index contributed by atoms with van der Waals surface area (Å²) in [7, 11) is 0. The number of fused-ring (bicyclic) bond motifs is 1. The minimum atomic E-state index is 0.318. The van der Waals surface area contributed by atoms with Crippen LogP contribution in [0.1, 0.15) is 0 Å². The molecular weight excluding hydrogens is 164 g/mol. The van der Waals surface area contributed by atoms with Gasteiger partial charge in [0.25, 0.3) is 0 Å². The van der Waals surface area contributed by atoms with Gasteiger partial charge in [-0.15, -0.1) is 0 Å². The van der Waals surface area contributed by atoms with Gasteiger partial charge in [-0.1, -0.05) is 22.8 Å². The topological polar surface area (TPSA) is 52.0 Å². The first kappa shape index (κ1) is 6.49. The Morgan fingerprint density at radius 2 is 2.27 bits per heavy atom. The van der Waals surface area contributed by atoms with Crippen molar-refractivity contribution in [3.05, 3.63) is 23.4 Å². The van der Waals surface area contributed by atoms with Crippen LogP contribution in [0.25, 0.3) is 11.0 Å². The molecule has 0 aliphatic heterocycles. The third-order valence-corrected chi connectivity index (χ3v) is 1.75. The summed E-state index contributed by atoms with van der Waals surface area (Å²) in [6.07, 6.45) is 0. The molecule has 3 nitrogen and oxygen atoms in total. The number of nitrogens with zero attached hydrogens (tertiary/aromatic N) is 1. The molecule has 0 bridgehead atoms. The molecule has 0 atom stereocenters. The Morgan fingerprint density at radius 1 is 1.45 bits per heavy atom. The summed E-state index contributed by atoms with van der Waals surface area (Å²) < 4.78 is 4.87. The number of hydrogen-bond donors (Lipinski definition) is 1. The Labute approximate surface area is 67.7 Å². The second-order valence-corrected chi connectivity index (χ2v) is 2.55. The second kappa shape index (κ2) is 2.13. The molecule has 0 unspecified atom stereocenters. The Hall–Kier alpha value is -1.22. The van der Waals surface area contributed by atoms with Gasteiger partial charge in [-0.25, -0.2) is 0 Å². The monoisotopic (exact) mass is 168 g/mol. The number of benzene rings is 1. The van der Waals surface area contributed by atoms with E-state index >= 15 is 0 Å². The van der Waals surface area contributed by atoms with E-state index in [2.05, 4.69) is 5.16 Å². The average molecular weight is 169 g/mol. The summed E-state index contributed by atoms with van der Waals surface area (Å²) >= 11 is 5.69. The standard InChI is InChI=1S/C7H5ClN2O/c8-7-6-4(9)2-1-3-5(6)11-10-7/h1-3H,9H2. The van der Waals surface area contributed by atoms with E-state index in [1.54, 1.807) is 18.2 Å². The number of rotatable bonds is 0. The lowest BCUT2D eigenvalue weighted by Crippen LogP contribution is -1.83. The van der Waals surface area contributed by atoms with Crippen molar-refractivity contribution in [2.75, 3.05) is 5.73 Å². The number of nitrogen functional groups attached to an aromatic ring is 1. The highest BCUT2D eigenvalue weighted by atomic mass is 35.5. The van der Waals surface area contributed by atoms with Crippen LogP contribution in [0.3, 0.4) is 0 Å².